The van der Waals surface area contributed by atoms with Gasteiger partial charge in [-0.05, 0) is 24.6 Å². The summed E-state index contributed by atoms with van der Waals surface area (Å²) < 4.78 is 10.5. The molecule has 18 heavy (non-hydrogen) atoms. The highest BCUT2D eigenvalue weighted by Crippen LogP contribution is 2.26. The lowest BCUT2D eigenvalue weighted by molar-refractivity contribution is -0.118. The van der Waals surface area contributed by atoms with Gasteiger partial charge in [0.2, 0.25) is 5.91 Å². The molecule has 0 saturated carbocycles. The predicted octanol–water partition coefficient (Wildman–Crippen LogP) is 2.61. The molecule has 0 heterocycles. The molecule has 0 unspecified atom stereocenters. The quantitative estimate of drug-likeness (QED) is 0.791. The van der Waals surface area contributed by atoms with Crippen molar-refractivity contribution in [3.05, 3.63) is 23.8 Å². The lowest BCUT2D eigenvalue weighted by Crippen LogP contribution is -2.18. The van der Waals surface area contributed by atoms with Gasteiger partial charge < -0.3 is 14.8 Å². The maximum absolute atomic E-state index is 11.7. The van der Waals surface area contributed by atoms with Crippen LogP contribution in [-0.2, 0) is 9.53 Å². The molecule has 0 fully saturated rings. The summed E-state index contributed by atoms with van der Waals surface area (Å²) >= 11 is 0. The first-order chi connectivity index (χ1) is 8.54. The van der Waals surface area contributed by atoms with Gasteiger partial charge in [-0.1, -0.05) is 19.9 Å². The van der Waals surface area contributed by atoms with E-state index in [4.69, 9.17) is 9.47 Å². The number of nitrogens with one attached hydrogen (secondary N) is 1. The van der Waals surface area contributed by atoms with Crippen LogP contribution in [0.1, 0.15) is 19.4 Å². The van der Waals surface area contributed by atoms with Crippen molar-refractivity contribution in [1.82, 2.24) is 0 Å². The number of aryl methyl sites for hydroxylation is 1. The fourth-order valence-corrected chi connectivity index (χ4v) is 1.36. The Morgan fingerprint density at radius 3 is 2.67 bits per heavy atom. The topological polar surface area (TPSA) is 47.6 Å². The molecule has 1 rings (SSSR count). The van der Waals surface area contributed by atoms with Gasteiger partial charge in [0.15, 0.2) is 0 Å². The summed E-state index contributed by atoms with van der Waals surface area (Å²) in [5, 5.41) is 2.86. The molecule has 0 aromatic heterocycles. The smallest absolute Gasteiger partial charge is 0.227 e. The predicted molar refractivity (Wildman–Crippen MR) is 72.0 cm³/mol. The lowest BCUT2D eigenvalue weighted by Gasteiger charge is -2.14. The summed E-state index contributed by atoms with van der Waals surface area (Å²) in [5.74, 6) is 0.606. The molecule has 1 N–H and O–H groups in total. The first kappa shape index (κ1) is 14.5. The number of rotatable bonds is 6. The second-order valence-electron chi connectivity index (χ2n) is 4.48. The molecule has 0 aliphatic heterocycles. The van der Waals surface area contributed by atoms with Crippen molar-refractivity contribution >= 4 is 11.6 Å². The van der Waals surface area contributed by atoms with Crippen LogP contribution < -0.4 is 10.1 Å². The van der Waals surface area contributed by atoms with Gasteiger partial charge >= 0.3 is 0 Å². The summed E-state index contributed by atoms with van der Waals surface area (Å²) in [7, 11) is 1.63. The van der Waals surface area contributed by atoms with Crippen LogP contribution in [0.25, 0.3) is 0 Å². The van der Waals surface area contributed by atoms with Crippen LogP contribution in [-0.4, -0.2) is 26.2 Å². The fourth-order valence-electron chi connectivity index (χ4n) is 1.36. The normalized spacial score (nSPS) is 10.5. The maximum atomic E-state index is 11.7. The number of carbonyl (C=O) groups is 1. The summed E-state index contributed by atoms with van der Waals surface area (Å²) in [4.78, 5) is 11.7. The fraction of sp³-hybridized carbons (Fsp3) is 0.500. The number of methoxy groups -OCH3 is 1. The standard InChI is InChI=1S/C14H21NO3/c1-10(2)14(16)15-12-6-5-11(3)9-13(12)18-8-7-17-4/h5-6,9-10H,7-8H2,1-4H3,(H,15,16). The SMILES string of the molecule is COCCOc1cc(C)ccc1NC(=O)C(C)C. The van der Waals surface area contributed by atoms with Gasteiger partial charge in [-0.25, -0.2) is 0 Å². The Balaban J connectivity index is 2.79. The highest BCUT2D eigenvalue weighted by atomic mass is 16.5. The minimum absolute atomic E-state index is 0.0181. The summed E-state index contributed by atoms with van der Waals surface area (Å²) in [6.07, 6.45) is 0. The molecule has 1 aromatic rings. The van der Waals surface area contributed by atoms with Gasteiger partial charge in [-0.15, -0.1) is 0 Å². The van der Waals surface area contributed by atoms with E-state index < -0.39 is 0 Å². The lowest BCUT2D eigenvalue weighted by atomic mass is 10.1. The first-order valence-electron chi connectivity index (χ1n) is 6.08. The van der Waals surface area contributed by atoms with Gasteiger partial charge in [0.25, 0.3) is 0 Å². The van der Waals surface area contributed by atoms with Crippen molar-refractivity contribution in [2.75, 3.05) is 25.6 Å². The Morgan fingerprint density at radius 1 is 1.33 bits per heavy atom. The van der Waals surface area contributed by atoms with Crippen LogP contribution in [0.2, 0.25) is 0 Å². The van der Waals surface area contributed by atoms with Gasteiger partial charge in [0.1, 0.15) is 12.4 Å². The largest absolute Gasteiger partial charge is 0.489 e. The number of hydrogen-bond donors (Lipinski definition) is 1. The maximum Gasteiger partial charge on any atom is 0.227 e. The minimum Gasteiger partial charge on any atom is -0.489 e. The number of anilines is 1. The Hall–Kier alpha value is -1.55. The monoisotopic (exact) mass is 251 g/mol. The van der Waals surface area contributed by atoms with Gasteiger partial charge in [-0.3, -0.25) is 4.79 Å². The van der Waals surface area contributed by atoms with Crippen LogP contribution >= 0.6 is 0 Å². The number of hydrogen-bond acceptors (Lipinski definition) is 3. The summed E-state index contributed by atoms with van der Waals surface area (Å²) in [5.41, 5.74) is 1.79. The van der Waals surface area contributed by atoms with E-state index in [2.05, 4.69) is 5.32 Å². The zero-order valence-corrected chi connectivity index (χ0v) is 11.4. The van der Waals surface area contributed by atoms with Gasteiger partial charge in [-0.2, -0.15) is 0 Å². The molecule has 0 aliphatic carbocycles. The van der Waals surface area contributed by atoms with Crippen LogP contribution in [0.15, 0.2) is 18.2 Å². The zero-order chi connectivity index (χ0) is 13.5. The Bertz CT molecular complexity index is 402. The van der Waals surface area contributed by atoms with Crippen molar-refractivity contribution in [3.8, 4) is 5.75 Å². The van der Waals surface area contributed by atoms with Gasteiger partial charge in [0.05, 0.1) is 12.3 Å². The Kier molecular flexibility index (Phi) is 5.65. The number of amides is 1. The molecule has 1 amide bonds. The molecule has 1 aromatic carbocycles. The molecule has 100 valence electrons. The second-order valence-corrected chi connectivity index (χ2v) is 4.48. The van der Waals surface area contributed by atoms with E-state index in [1.54, 1.807) is 7.11 Å². The average Bonchev–Trinajstić information content (AvgIpc) is 2.32. The van der Waals surface area contributed by atoms with Crippen molar-refractivity contribution < 1.29 is 14.3 Å². The summed E-state index contributed by atoms with van der Waals surface area (Å²) in [6, 6.07) is 5.71. The Morgan fingerprint density at radius 2 is 2.06 bits per heavy atom. The third-order valence-corrected chi connectivity index (χ3v) is 2.46. The number of carbonyl (C=O) groups excluding carboxylic acids is 1. The van der Waals surface area contributed by atoms with Crippen molar-refractivity contribution in [2.24, 2.45) is 5.92 Å². The third kappa shape index (κ3) is 4.37. The van der Waals surface area contributed by atoms with E-state index in [-0.39, 0.29) is 11.8 Å². The summed E-state index contributed by atoms with van der Waals surface area (Å²) in [6.45, 7) is 6.68. The molecule has 0 saturated heterocycles. The van der Waals surface area contributed by atoms with E-state index in [1.807, 2.05) is 39.0 Å². The molecule has 4 heteroatoms. The highest BCUT2D eigenvalue weighted by Gasteiger charge is 2.11. The van der Waals surface area contributed by atoms with Crippen LogP contribution in [0.3, 0.4) is 0 Å². The minimum atomic E-state index is -0.0573. The molecule has 0 bridgehead atoms. The van der Waals surface area contributed by atoms with Crippen molar-refractivity contribution in [1.29, 1.82) is 0 Å². The van der Waals surface area contributed by atoms with Crippen molar-refractivity contribution in [2.45, 2.75) is 20.8 Å². The Labute approximate surface area is 108 Å². The van der Waals surface area contributed by atoms with E-state index >= 15 is 0 Å². The molecule has 0 atom stereocenters. The number of benzene rings is 1. The van der Waals surface area contributed by atoms with E-state index in [9.17, 15) is 4.79 Å². The van der Waals surface area contributed by atoms with Crippen LogP contribution in [0, 0.1) is 12.8 Å². The van der Waals surface area contributed by atoms with E-state index in [0.29, 0.717) is 24.7 Å². The average molecular weight is 251 g/mol. The van der Waals surface area contributed by atoms with Crippen LogP contribution in [0.4, 0.5) is 5.69 Å². The van der Waals surface area contributed by atoms with Gasteiger partial charge in [0, 0.05) is 13.0 Å². The molecule has 0 spiro atoms. The highest BCUT2D eigenvalue weighted by molar-refractivity contribution is 5.93. The third-order valence-electron chi connectivity index (χ3n) is 2.46. The molecular weight excluding hydrogens is 230 g/mol. The van der Waals surface area contributed by atoms with E-state index in [0.717, 1.165) is 5.56 Å². The molecule has 0 aliphatic rings. The van der Waals surface area contributed by atoms with Crippen LogP contribution in [0.5, 0.6) is 5.75 Å². The number of ether oxygens (including phenoxy) is 2. The zero-order valence-electron chi connectivity index (χ0n) is 11.4. The van der Waals surface area contributed by atoms with E-state index in [1.165, 1.54) is 0 Å². The first-order valence-corrected chi connectivity index (χ1v) is 6.08. The molecular formula is C14H21NO3. The molecule has 4 nitrogen and oxygen atoms in total. The van der Waals surface area contributed by atoms with Crippen molar-refractivity contribution in [3.63, 3.8) is 0 Å². The molecule has 0 radical (unpaired) electrons. The second kappa shape index (κ2) is 7.01.